The smallest absolute Gasteiger partial charge is 0.109 e. The molecule has 2 N–H and O–H groups in total. The number of aromatic nitrogens is 3. The number of nitrogens with zero attached hydrogens (tertiary/aromatic N) is 2. The van der Waals surface area contributed by atoms with Crippen molar-refractivity contribution in [2.75, 3.05) is 11.9 Å². The van der Waals surface area contributed by atoms with Gasteiger partial charge in [0.1, 0.15) is 5.82 Å². The van der Waals surface area contributed by atoms with Crippen molar-refractivity contribution in [2.24, 2.45) is 0 Å². The Morgan fingerprint density at radius 3 is 2.95 bits per heavy atom. The van der Waals surface area contributed by atoms with Gasteiger partial charge in [0.15, 0.2) is 0 Å². The summed E-state index contributed by atoms with van der Waals surface area (Å²) >= 11 is 0. The maximum Gasteiger partial charge on any atom is 0.109 e. The van der Waals surface area contributed by atoms with Crippen LogP contribution in [0.2, 0.25) is 0 Å². The molecule has 2 aromatic heterocycles. The van der Waals surface area contributed by atoms with E-state index in [0.29, 0.717) is 0 Å². The van der Waals surface area contributed by atoms with E-state index in [4.69, 9.17) is 0 Å². The first-order chi connectivity index (χ1) is 9.33. The van der Waals surface area contributed by atoms with Gasteiger partial charge in [-0.05, 0) is 24.6 Å². The summed E-state index contributed by atoms with van der Waals surface area (Å²) < 4.78 is 0. The van der Waals surface area contributed by atoms with E-state index in [1.54, 1.807) is 12.4 Å². The number of para-hydroxylation sites is 1. The van der Waals surface area contributed by atoms with Crippen molar-refractivity contribution in [2.45, 2.75) is 13.3 Å². The lowest BCUT2D eigenvalue weighted by atomic mass is 10.2. The maximum absolute atomic E-state index is 4.53. The first-order valence-corrected chi connectivity index (χ1v) is 6.41. The summed E-state index contributed by atoms with van der Waals surface area (Å²) in [5.41, 5.74) is 4.41. The minimum atomic E-state index is 0.859. The fourth-order valence-electron chi connectivity index (χ4n) is 2.11. The van der Waals surface area contributed by atoms with Crippen LogP contribution >= 0.6 is 0 Å². The predicted octanol–water partition coefficient (Wildman–Crippen LogP) is 2.92. The SMILES string of the molecule is Cc1ccccc1NCCc1nc2ccncc2[nH]1. The summed E-state index contributed by atoms with van der Waals surface area (Å²) in [6, 6.07) is 10.2. The van der Waals surface area contributed by atoms with Gasteiger partial charge < -0.3 is 10.3 Å². The van der Waals surface area contributed by atoms with Crippen molar-refractivity contribution >= 4 is 16.7 Å². The lowest BCUT2D eigenvalue weighted by Crippen LogP contribution is -2.06. The second kappa shape index (κ2) is 5.10. The van der Waals surface area contributed by atoms with E-state index in [0.717, 1.165) is 29.8 Å². The van der Waals surface area contributed by atoms with Crippen LogP contribution in [-0.4, -0.2) is 21.5 Å². The highest BCUT2D eigenvalue weighted by Crippen LogP contribution is 2.13. The van der Waals surface area contributed by atoms with Crippen LogP contribution in [0.15, 0.2) is 42.7 Å². The number of hydrogen-bond donors (Lipinski definition) is 2. The Hall–Kier alpha value is -2.36. The molecule has 19 heavy (non-hydrogen) atoms. The van der Waals surface area contributed by atoms with Gasteiger partial charge in [-0.25, -0.2) is 4.98 Å². The average Bonchev–Trinajstić information content (AvgIpc) is 2.83. The molecule has 0 spiro atoms. The highest BCUT2D eigenvalue weighted by molar-refractivity contribution is 5.73. The van der Waals surface area contributed by atoms with E-state index in [1.807, 2.05) is 18.2 Å². The van der Waals surface area contributed by atoms with Crippen molar-refractivity contribution in [3.05, 3.63) is 54.1 Å². The van der Waals surface area contributed by atoms with Gasteiger partial charge in [-0.15, -0.1) is 0 Å². The van der Waals surface area contributed by atoms with Crippen LogP contribution in [0.1, 0.15) is 11.4 Å². The van der Waals surface area contributed by atoms with E-state index in [2.05, 4.69) is 39.3 Å². The zero-order valence-electron chi connectivity index (χ0n) is 10.9. The number of hydrogen-bond acceptors (Lipinski definition) is 3. The molecular formula is C15H16N4. The predicted molar refractivity (Wildman–Crippen MR) is 77.3 cm³/mol. The quantitative estimate of drug-likeness (QED) is 0.750. The molecule has 4 nitrogen and oxygen atoms in total. The number of aromatic amines is 1. The lowest BCUT2D eigenvalue weighted by molar-refractivity contribution is 0.933. The molecule has 1 aromatic carbocycles. The zero-order chi connectivity index (χ0) is 13.1. The maximum atomic E-state index is 4.53. The molecule has 0 saturated carbocycles. The number of imidazole rings is 1. The number of anilines is 1. The van der Waals surface area contributed by atoms with Crippen LogP contribution in [0.4, 0.5) is 5.69 Å². The van der Waals surface area contributed by atoms with Gasteiger partial charge in [0.25, 0.3) is 0 Å². The highest BCUT2D eigenvalue weighted by atomic mass is 14.9. The summed E-state index contributed by atoms with van der Waals surface area (Å²) in [5, 5.41) is 3.43. The van der Waals surface area contributed by atoms with E-state index in [1.165, 1.54) is 11.3 Å². The van der Waals surface area contributed by atoms with Gasteiger partial charge in [0.2, 0.25) is 0 Å². The van der Waals surface area contributed by atoms with E-state index < -0.39 is 0 Å². The summed E-state index contributed by atoms with van der Waals surface area (Å²) in [4.78, 5) is 11.9. The molecule has 0 atom stereocenters. The molecule has 0 radical (unpaired) electrons. The van der Waals surface area contributed by atoms with Crippen molar-refractivity contribution in [3.63, 3.8) is 0 Å². The molecule has 96 valence electrons. The van der Waals surface area contributed by atoms with Crippen molar-refractivity contribution in [1.29, 1.82) is 0 Å². The fourth-order valence-corrected chi connectivity index (χ4v) is 2.11. The normalized spacial score (nSPS) is 10.8. The van der Waals surface area contributed by atoms with E-state index >= 15 is 0 Å². The summed E-state index contributed by atoms with van der Waals surface area (Å²) in [5.74, 6) is 0.990. The van der Waals surface area contributed by atoms with Crippen molar-refractivity contribution in [3.8, 4) is 0 Å². The number of H-pyrrole nitrogens is 1. The Morgan fingerprint density at radius 2 is 2.11 bits per heavy atom. The standard InChI is InChI=1S/C15H16N4/c1-11-4-2-3-5-12(11)17-9-7-15-18-13-6-8-16-10-14(13)19-15/h2-6,8,10,17H,7,9H2,1H3,(H,18,19). The Morgan fingerprint density at radius 1 is 1.21 bits per heavy atom. The number of aryl methyl sites for hydroxylation is 1. The first-order valence-electron chi connectivity index (χ1n) is 6.41. The third-order valence-corrected chi connectivity index (χ3v) is 3.15. The van der Waals surface area contributed by atoms with Crippen molar-refractivity contribution in [1.82, 2.24) is 15.0 Å². The van der Waals surface area contributed by atoms with Crippen LogP contribution in [0.25, 0.3) is 11.0 Å². The molecule has 0 bridgehead atoms. The Balaban J connectivity index is 1.65. The molecular weight excluding hydrogens is 236 g/mol. The second-order valence-electron chi connectivity index (χ2n) is 4.57. The molecule has 0 amide bonds. The third-order valence-electron chi connectivity index (χ3n) is 3.15. The Labute approximate surface area is 111 Å². The number of fused-ring (bicyclic) bond motifs is 1. The molecule has 3 rings (SSSR count). The third kappa shape index (κ3) is 2.57. The largest absolute Gasteiger partial charge is 0.384 e. The highest BCUT2D eigenvalue weighted by Gasteiger charge is 2.02. The molecule has 4 heteroatoms. The fraction of sp³-hybridized carbons (Fsp3) is 0.200. The van der Waals surface area contributed by atoms with Gasteiger partial charge >= 0.3 is 0 Å². The molecule has 2 heterocycles. The molecule has 0 fully saturated rings. The van der Waals surface area contributed by atoms with Gasteiger partial charge in [-0.2, -0.15) is 0 Å². The summed E-state index contributed by atoms with van der Waals surface area (Å²) in [6.07, 6.45) is 4.43. The molecule has 0 aliphatic carbocycles. The Kier molecular flexibility index (Phi) is 3.14. The van der Waals surface area contributed by atoms with Crippen LogP contribution in [-0.2, 0) is 6.42 Å². The summed E-state index contributed by atoms with van der Waals surface area (Å²) in [6.45, 7) is 2.97. The molecule has 3 aromatic rings. The van der Waals surface area contributed by atoms with E-state index in [-0.39, 0.29) is 0 Å². The van der Waals surface area contributed by atoms with Crippen LogP contribution in [0.3, 0.4) is 0 Å². The minimum Gasteiger partial charge on any atom is -0.384 e. The minimum absolute atomic E-state index is 0.859. The van der Waals surface area contributed by atoms with Crippen LogP contribution in [0, 0.1) is 6.92 Å². The molecule has 0 saturated heterocycles. The first kappa shape index (κ1) is 11.7. The number of nitrogens with one attached hydrogen (secondary N) is 2. The number of rotatable bonds is 4. The second-order valence-corrected chi connectivity index (χ2v) is 4.57. The van der Waals surface area contributed by atoms with E-state index in [9.17, 15) is 0 Å². The topological polar surface area (TPSA) is 53.6 Å². The van der Waals surface area contributed by atoms with Crippen molar-refractivity contribution < 1.29 is 0 Å². The van der Waals surface area contributed by atoms with Crippen LogP contribution in [0.5, 0.6) is 0 Å². The van der Waals surface area contributed by atoms with Gasteiger partial charge in [-0.3, -0.25) is 4.98 Å². The molecule has 0 aliphatic heterocycles. The summed E-state index contributed by atoms with van der Waals surface area (Å²) in [7, 11) is 0. The lowest BCUT2D eigenvalue weighted by Gasteiger charge is -2.07. The number of benzene rings is 1. The number of pyridine rings is 1. The van der Waals surface area contributed by atoms with Gasteiger partial charge in [0, 0.05) is 24.8 Å². The average molecular weight is 252 g/mol. The monoisotopic (exact) mass is 252 g/mol. The van der Waals surface area contributed by atoms with Gasteiger partial charge in [0.05, 0.1) is 17.2 Å². The zero-order valence-corrected chi connectivity index (χ0v) is 10.9. The van der Waals surface area contributed by atoms with Crippen LogP contribution < -0.4 is 5.32 Å². The molecule has 0 aliphatic rings. The molecule has 0 unspecified atom stereocenters. The Bertz CT molecular complexity index is 654. The van der Waals surface area contributed by atoms with Gasteiger partial charge in [-0.1, -0.05) is 18.2 Å².